The molecule has 9 nitrogen and oxygen atoms in total. The van der Waals surface area contributed by atoms with Crippen LogP contribution in [0.1, 0.15) is 12.8 Å². The number of ether oxygens (including phenoxy) is 2. The number of carbonyl (C=O) groups excluding carboxylic acids is 2. The monoisotopic (exact) mass is 379 g/mol. The zero-order valence-corrected chi connectivity index (χ0v) is 15.0. The molecule has 0 bridgehead atoms. The molecule has 0 spiro atoms. The maximum atomic E-state index is 12.2. The Balaban J connectivity index is 1.50. The minimum atomic E-state index is -1.07. The molecular formula is C19H17N5O4. The summed E-state index contributed by atoms with van der Waals surface area (Å²) in [6, 6.07) is 8.41. The molecule has 1 aliphatic rings. The van der Waals surface area contributed by atoms with Crippen LogP contribution in [-0.4, -0.2) is 33.9 Å². The molecule has 0 aliphatic heterocycles. The lowest BCUT2D eigenvalue weighted by atomic mass is 10.1. The predicted octanol–water partition coefficient (Wildman–Crippen LogP) is 2.03. The highest BCUT2D eigenvalue weighted by Gasteiger charge is 2.55. The standard InChI is InChI=1S/C19H17N5O4/c1-27-15-8-14-13(9-21-15)16(23-10-22-14)28-12-4-2-11(3-5-12)24-18(26)19(6-7-19)17(20)25/h2-5,8-10H,6-7H2,1H3,(H2,20,25)(H,24,26). The van der Waals surface area contributed by atoms with Crippen LogP contribution in [0.15, 0.2) is 42.9 Å². The molecule has 0 radical (unpaired) electrons. The largest absolute Gasteiger partial charge is 0.481 e. The quantitative estimate of drug-likeness (QED) is 0.627. The molecule has 0 unspecified atom stereocenters. The zero-order valence-electron chi connectivity index (χ0n) is 15.0. The van der Waals surface area contributed by atoms with Crippen molar-refractivity contribution < 1.29 is 19.1 Å². The first-order valence-electron chi connectivity index (χ1n) is 8.56. The number of methoxy groups -OCH3 is 1. The maximum absolute atomic E-state index is 12.2. The fourth-order valence-corrected chi connectivity index (χ4v) is 2.78. The van der Waals surface area contributed by atoms with Gasteiger partial charge in [0.25, 0.3) is 0 Å². The first-order chi connectivity index (χ1) is 13.5. The van der Waals surface area contributed by atoms with E-state index in [0.717, 1.165) is 0 Å². The van der Waals surface area contributed by atoms with E-state index in [-0.39, 0.29) is 5.91 Å². The molecular weight excluding hydrogens is 362 g/mol. The summed E-state index contributed by atoms with van der Waals surface area (Å²) >= 11 is 0. The molecule has 4 rings (SSSR count). The summed E-state index contributed by atoms with van der Waals surface area (Å²) in [5.74, 6) is 0.343. The Morgan fingerprint density at radius 2 is 1.89 bits per heavy atom. The first kappa shape index (κ1) is 17.7. The van der Waals surface area contributed by atoms with E-state index in [0.29, 0.717) is 46.9 Å². The summed E-state index contributed by atoms with van der Waals surface area (Å²) in [6.45, 7) is 0. The Labute approximate surface area is 159 Å². The fraction of sp³-hybridized carbons (Fsp3) is 0.211. The third kappa shape index (κ3) is 3.18. The minimum absolute atomic E-state index is 0.350. The summed E-state index contributed by atoms with van der Waals surface area (Å²) in [6.07, 6.45) is 3.94. The fourth-order valence-electron chi connectivity index (χ4n) is 2.78. The van der Waals surface area contributed by atoms with Gasteiger partial charge < -0.3 is 20.5 Å². The van der Waals surface area contributed by atoms with Gasteiger partial charge >= 0.3 is 0 Å². The number of hydrogen-bond donors (Lipinski definition) is 2. The van der Waals surface area contributed by atoms with Gasteiger partial charge in [0.15, 0.2) is 0 Å². The van der Waals surface area contributed by atoms with Gasteiger partial charge in [-0.25, -0.2) is 15.0 Å². The Morgan fingerprint density at radius 3 is 2.54 bits per heavy atom. The lowest BCUT2D eigenvalue weighted by Gasteiger charge is -2.12. The smallest absolute Gasteiger partial charge is 0.240 e. The third-order valence-corrected chi connectivity index (χ3v) is 4.65. The summed E-state index contributed by atoms with van der Waals surface area (Å²) in [5, 5.41) is 3.35. The molecule has 3 aromatic rings. The number of nitrogens with zero attached hydrogens (tertiary/aromatic N) is 3. The number of benzene rings is 1. The van der Waals surface area contributed by atoms with Gasteiger partial charge in [0.1, 0.15) is 17.5 Å². The summed E-state index contributed by atoms with van der Waals surface area (Å²) in [5.41, 5.74) is 5.44. The van der Waals surface area contributed by atoms with Crippen LogP contribution in [-0.2, 0) is 9.59 Å². The summed E-state index contributed by atoms with van der Waals surface area (Å²) in [4.78, 5) is 36.2. The van der Waals surface area contributed by atoms with Crippen LogP contribution in [0.25, 0.3) is 10.9 Å². The van der Waals surface area contributed by atoms with Gasteiger partial charge in [-0.05, 0) is 37.1 Å². The lowest BCUT2D eigenvalue weighted by Crippen LogP contribution is -2.36. The Kier molecular flexibility index (Phi) is 4.26. The average molecular weight is 379 g/mol. The van der Waals surface area contributed by atoms with Crippen molar-refractivity contribution in [3.63, 3.8) is 0 Å². The number of carbonyl (C=O) groups is 2. The van der Waals surface area contributed by atoms with E-state index in [1.807, 2.05) is 0 Å². The summed E-state index contributed by atoms with van der Waals surface area (Å²) < 4.78 is 10.9. The number of primary amides is 1. The Hall–Kier alpha value is -3.75. The van der Waals surface area contributed by atoms with E-state index in [9.17, 15) is 9.59 Å². The lowest BCUT2D eigenvalue weighted by molar-refractivity contribution is -0.132. The molecule has 2 heterocycles. The second kappa shape index (κ2) is 6.76. The SMILES string of the molecule is COc1cc2ncnc(Oc3ccc(NC(=O)C4(C(N)=O)CC4)cc3)c2cn1. The Morgan fingerprint density at radius 1 is 1.14 bits per heavy atom. The molecule has 2 aromatic heterocycles. The van der Waals surface area contributed by atoms with Crippen molar-refractivity contribution in [2.75, 3.05) is 12.4 Å². The van der Waals surface area contributed by atoms with Crippen molar-refractivity contribution in [3.05, 3.63) is 42.9 Å². The van der Waals surface area contributed by atoms with Crippen molar-refractivity contribution in [3.8, 4) is 17.5 Å². The van der Waals surface area contributed by atoms with E-state index in [2.05, 4.69) is 20.3 Å². The van der Waals surface area contributed by atoms with E-state index in [4.69, 9.17) is 15.2 Å². The number of aromatic nitrogens is 3. The number of pyridine rings is 1. The van der Waals surface area contributed by atoms with Crippen LogP contribution in [0.5, 0.6) is 17.5 Å². The predicted molar refractivity (Wildman–Crippen MR) is 99.9 cm³/mol. The van der Waals surface area contributed by atoms with Crippen molar-refractivity contribution >= 4 is 28.4 Å². The molecule has 9 heteroatoms. The Bertz CT molecular complexity index is 1060. The van der Waals surface area contributed by atoms with Crippen LogP contribution in [0, 0.1) is 5.41 Å². The number of fused-ring (bicyclic) bond motifs is 1. The van der Waals surface area contributed by atoms with Gasteiger partial charge in [-0.2, -0.15) is 0 Å². The van der Waals surface area contributed by atoms with Gasteiger partial charge in [-0.15, -0.1) is 0 Å². The molecule has 0 saturated heterocycles. The normalized spacial score (nSPS) is 14.3. The summed E-state index contributed by atoms with van der Waals surface area (Å²) in [7, 11) is 1.53. The number of nitrogens with one attached hydrogen (secondary N) is 1. The maximum Gasteiger partial charge on any atom is 0.240 e. The molecule has 1 aliphatic carbocycles. The van der Waals surface area contributed by atoms with Crippen molar-refractivity contribution in [1.29, 1.82) is 0 Å². The van der Waals surface area contributed by atoms with Crippen LogP contribution in [0.2, 0.25) is 0 Å². The number of anilines is 1. The molecule has 0 atom stereocenters. The van der Waals surface area contributed by atoms with Gasteiger partial charge in [0, 0.05) is 18.0 Å². The molecule has 3 N–H and O–H groups in total. The van der Waals surface area contributed by atoms with Crippen molar-refractivity contribution in [2.45, 2.75) is 12.8 Å². The molecule has 1 saturated carbocycles. The van der Waals surface area contributed by atoms with Gasteiger partial charge in [-0.1, -0.05) is 0 Å². The highest BCUT2D eigenvalue weighted by Crippen LogP contribution is 2.46. The van der Waals surface area contributed by atoms with Gasteiger partial charge in [-0.3, -0.25) is 9.59 Å². The van der Waals surface area contributed by atoms with Crippen molar-refractivity contribution in [2.24, 2.45) is 11.1 Å². The van der Waals surface area contributed by atoms with Crippen LogP contribution in [0.4, 0.5) is 5.69 Å². The van der Waals surface area contributed by atoms with E-state index >= 15 is 0 Å². The number of nitrogens with two attached hydrogens (primary N) is 1. The van der Waals surface area contributed by atoms with Crippen LogP contribution in [0.3, 0.4) is 0 Å². The minimum Gasteiger partial charge on any atom is -0.481 e. The number of amides is 2. The van der Waals surface area contributed by atoms with Gasteiger partial charge in [0.2, 0.25) is 23.6 Å². The van der Waals surface area contributed by atoms with Crippen LogP contribution < -0.4 is 20.5 Å². The molecule has 1 fully saturated rings. The number of hydrogen-bond acceptors (Lipinski definition) is 7. The highest BCUT2D eigenvalue weighted by atomic mass is 16.5. The molecule has 142 valence electrons. The van der Waals surface area contributed by atoms with E-state index in [1.165, 1.54) is 13.4 Å². The first-order valence-corrected chi connectivity index (χ1v) is 8.56. The van der Waals surface area contributed by atoms with E-state index in [1.54, 1.807) is 36.5 Å². The average Bonchev–Trinajstić information content (AvgIpc) is 3.51. The van der Waals surface area contributed by atoms with E-state index < -0.39 is 11.3 Å². The third-order valence-electron chi connectivity index (χ3n) is 4.65. The number of rotatable bonds is 6. The van der Waals surface area contributed by atoms with Crippen molar-refractivity contribution in [1.82, 2.24) is 15.0 Å². The topological polar surface area (TPSA) is 129 Å². The van der Waals surface area contributed by atoms with Gasteiger partial charge in [0.05, 0.1) is 18.0 Å². The molecule has 2 amide bonds. The zero-order chi connectivity index (χ0) is 19.7. The second-order valence-corrected chi connectivity index (χ2v) is 6.45. The van der Waals surface area contributed by atoms with Crippen LogP contribution >= 0.6 is 0 Å². The highest BCUT2D eigenvalue weighted by molar-refractivity contribution is 6.12. The second-order valence-electron chi connectivity index (χ2n) is 6.45. The molecule has 1 aromatic carbocycles. The molecule has 28 heavy (non-hydrogen) atoms.